The molecular weight excluding hydrogens is 362 g/mol. The van der Waals surface area contributed by atoms with Crippen molar-refractivity contribution in [3.05, 3.63) is 71.9 Å². The minimum absolute atomic E-state index is 0.0364. The summed E-state index contributed by atoms with van der Waals surface area (Å²) in [5.41, 5.74) is 3.27. The molecule has 1 amide bonds. The van der Waals surface area contributed by atoms with Gasteiger partial charge in [0.1, 0.15) is 0 Å². The molecule has 0 aliphatic carbocycles. The summed E-state index contributed by atoms with van der Waals surface area (Å²) in [5, 5.41) is 1.27. The van der Waals surface area contributed by atoms with Gasteiger partial charge in [-0.3, -0.25) is 9.69 Å². The van der Waals surface area contributed by atoms with Gasteiger partial charge in [-0.1, -0.05) is 36.4 Å². The average Bonchev–Trinajstić information content (AvgIpc) is 3.45. The highest BCUT2D eigenvalue weighted by molar-refractivity contribution is 5.82. The fraction of sp³-hybridized carbons (Fsp3) is 0.375. The van der Waals surface area contributed by atoms with Crippen LogP contribution in [0, 0.1) is 0 Å². The first kappa shape index (κ1) is 17.2. The van der Waals surface area contributed by atoms with Crippen molar-refractivity contribution in [2.75, 3.05) is 13.2 Å². The van der Waals surface area contributed by atoms with Crippen molar-refractivity contribution in [3.63, 3.8) is 0 Å². The first-order valence-electron chi connectivity index (χ1n) is 10.4. The molecule has 3 aromatic rings. The van der Waals surface area contributed by atoms with Crippen molar-refractivity contribution in [1.82, 2.24) is 14.4 Å². The van der Waals surface area contributed by atoms with Crippen molar-refractivity contribution >= 4 is 16.8 Å². The van der Waals surface area contributed by atoms with Gasteiger partial charge in [-0.2, -0.15) is 0 Å². The van der Waals surface area contributed by atoms with E-state index in [1.807, 2.05) is 18.2 Å². The van der Waals surface area contributed by atoms with Crippen LogP contribution in [0.4, 0.5) is 0 Å². The summed E-state index contributed by atoms with van der Waals surface area (Å²) < 4.78 is 8.57. The van der Waals surface area contributed by atoms with E-state index in [2.05, 4.69) is 64.0 Å². The van der Waals surface area contributed by atoms with Crippen LogP contribution < -0.4 is 0 Å². The summed E-state index contributed by atoms with van der Waals surface area (Å²) in [5.74, 6) is 0.226. The topological polar surface area (TPSA) is 37.7 Å². The molecule has 2 aromatic carbocycles. The molecule has 3 saturated heterocycles. The molecule has 5 nitrogen and oxygen atoms in total. The van der Waals surface area contributed by atoms with E-state index < -0.39 is 5.72 Å². The number of hydrogen-bond donors (Lipinski definition) is 0. The van der Waals surface area contributed by atoms with Crippen molar-refractivity contribution < 1.29 is 9.53 Å². The van der Waals surface area contributed by atoms with E-state index in [9.17, 15) is 4.79 Å². The predicted molar refractivity (Wildman–Crippen MR) is 111 cm³/mol. The van der Waals surface area contributed by atoms with Crippen LogP contribution in [0.3, 0.4) is 0 Å². The maximum Gasteiger partial charge on any atom is 0.227 e. The summed E-state index contributed by atoms with van der Waals surface area (Å²) in [7, 11) is 2.07. The molecule has 6 rings (SSSR count). The van der Waals surface area contributed by atoms with Crippen molar-refractivity contribution in [1.29, 1.82) is 0 Å². The van der Waals surface area contributed by atoms with Gasteiger partial charge in [0.25, 0.3) is 0 Å². The lowest BCUT2D eigenvalue weighted by atomic mass is 10.0. The van der Waals surface area contributed by atoms with E-state index in [0.29, 0.717) is 13.0 Å². The largest absolute Gasteiger partial charge is 0.351 e. The fourth-order valence-corrected chi connectivity index (χ4v) is 5.70. The van der Waals surface area contributed by atoms with Crippen LogP contribution in [0.25, 0.3) is 10.9 Å². The molecule has 3 atom stereocenters. The third-order valence-corrected chi connectivity index (χ3v) is 7.09. The number of ether oxygens (including phenoxy) is 1. The Labute approximate surface area is 170 Å². The lowest BCUT2D eigenvalue weighted by Gasteiger charge is -2.33. The minimum Gasteiger partial charge on any atom is -0.351 e. The second-order valence-corrected chi connectivity index (χ2v) is 8.61. The van der Waals surface area contributed by atoms with Crippen LogP contribution in [0.15, 0.2) is 60.8 Å². The second-order valence-electron chi connectivity index (χ2n) is 8.61. The quantitative estimate of drug-likeness (QED) is 0.691. The molecule has 0 unspecified atom stereocenters. The summed E-state index contributed by atoms with van der Waals surface area (Å²) in [6.45, 7) is 2.41. The maximum absolute atomic E-state index is 13.0. The van der Waals surface area contributed by atoms with E-state index in [1.165, 1.54) is 22.0 Å². The maximum atomic E-state index is 13.0. The van der Waals surface area contributed by atoms with E-state index >= 15 is 0 Å². The van der Waals surface area contributed by atoms with Gasteiger partial charge in [-0.25, -0.2) is 0 Å². The minimum atomic E-state index is -0.450. The van der Waals surface area contributed by atoms with Gasteiger partial charge in [-0.05, 0) is 34.7 Å². The first-order chi connectivity index (χ1) is 14.2. The van der Waals surface area contributed by atoms with Crippen LogP contribution in [-0.4, -0.2) is 45.2 Å². The molecule has 0 N–H and O–H groups in total. The molecule has 0 saturated carbocycles. The van der Waals surface area contributed by atoms with E-state index in [0.717, 1.165) is 19.5 Å². The van der Waals surface area contributed by atoms with Crippen LogP contribution >= 0.6 is 0 Å². The zero-order chi connectivity index (χ0) is 19.6. The fourth-order valence-electron chi connectivity index (χ4n) is 5.70. The first-order valence-corrected chi connectivity index (χ1v) is 10.4. The highest BCUT2D eigenvalue weighted by Gasteiger charge is 2.64. The van der Waals surface area contributed by atoms with E-state index in [4.69, 9.17) is 4.74 Å². The van der Waals surface area contributed by atoms with Crippen LogP contribution in [-0.2, 0) is 23.1 Å². The number of nitrogens with zero attached hydrogens (tertiary/aromatic N) is 3. The van der Waals surface area contributed by atoms with Crippen LogP contribution in [0.1, 0.15) is 30.0 Å². The number of rotatable bonds is 3. The van der Waals surface area contributed by atoms with E-state index in [-0.39, 0.29) is 18.0 Å². The monoisotopic (exact) mass is 387 g/mol. The lowest BCUT2D eigenvalue weighted by Crippen LogP contribution is -2.48. The molecule has 1 aromatic heterocycles. The van der Waals surface area contributed by atoms with Crippen LogP contribution in [0.5, 0.6) is 0 Å². The Morgan fingerprint density at radius 3 is 2.86 bits per heavy atom. The SMILES string of the molecule is Cn1ccc2cc(CN3CC[C@@]45OC[C@@H](c6ccccc6)N4C(=O)C[C@@H]35)ccc21. The number of amides is 1. The van der Waals surface area contributed by atoms with Gasteiger partial charge >= 0.3 is 0 Å². The van der Waals surface area contributed by atoms with Crippen molar-refractivity contribution in [3.8, 4) is 0 Å². The number of likely N-dealkylation sites (tertiary alicyclic amines) is 1. The summed E-state index contributed by atoms with van der Waals surface area (Å²) in [4.78, 5) is 17.6. The third-order valence-electron chi connectivity index (χ3n) is 7.09. The van der Waals surface area contributed by atoms with E-state index in [1.54, 1.807) is 0 Å². The molecule has 0 bridgehead atoms. The zero-order valence-corrected chi connectivity index (χ0v) is 16.6. The molecule has 3 aliphatic heterocycles. The molecule has 3 aliphatic rings. The number of aryl methyl sites for hydroxylation is 1. The summed E-state index contributed by atoms with van der Waals surface area (Å²) >= 11 is 0. The number of carbonyl (C=O) groups excluding carboxylic acids is 1. The third kappa shape index (κ3) is 2.44. The molecule has 148 valence electrons. The van der Waals surface area contributed by atoms with Gasteiger partial charge in [0.05, 0.1) is 18.7 Å². The molecule has 0 radical (unpaired) electrons. The smallest absolute Gasteiger partial charge is 0.227 e. The standard InChI is InChI=1S/C24H25N3O2/c1-25-11-9-19-13-17(7-8-20(19)25)15-26-12-10-24-22(26)14-23(28)27(24)21(16-29-24)18-5-3-2-4-6-18/h2-9,11,13,21-22H,10,12,14-16H2,1H3/t21-,22+,24-/m0/s1. The second kappa shape index (κ2) is 6.18. The summed E-state index contributed by atoms with van der Waals surface area (Å²) in [6.07, 6.45) is 3.54. The summed E-state index contributed by atoms with van der Waals surface area (Å²) in [6, 6.07) is 19.3. The molecule has 29 heavy (non-hydrogen) atoms. The highest BCUT2D eigenvalue weighted by atomic mass is 16.5. The molecule has 3 fully saturated rings. The zero-order valence-electron chi connectivity index (χ0n) is 16.6. The Morgan fingerprint density at radius 2 is 2.00 bits per heavy atom. The number of hydrogen-bond acceptors (Lipinski definition) is 3. The Bertz CT molecular complexity index is 1090. The average molecular weight is 387 g/mol. The lowest BCUT2D eigenvalue weighted by molar-refractivity contribution is -0.138. The molecule has 5 heteroatoms. The van der Waals surface area contributed by atoms with Gasteiger partial charge in [0.15, 0.2) is 5.72 Å². The number of carbonyl (C=O) groups is 1. The number of aromatic nitrogens is 1. The molecular formula is C24H25N3O2. The number of benzene rings is 2. The Balaban J connectivity index is 1.28. The van der Waals surface area contributed by atoms with Gasteiger partial charge in [-0.15, -0.1) is 0 Å². The predicted octanol–water partition coefficient (Wildman–Crippen LogP) is 3.45. The Hall–Kier alpha value is -2.63. The van der Waals surface area contributed by atoms with Crippen LogP contribution in [0.2, 0.25) is 0 Å². The van der Waals surface area contributed by atoms with Crippen molar-refractivity contribution in [2.45, 2.75) is 37.2 Å². The highest BCUT2D eigenvalue weighted by Crippen LogP contribution is 2.51. The number of fused-ring (bicyclic) bond motifs is 1. The normalized spacial score (nSPS) is 29.0. The van der Waals surface area contributed by atoms with Gasteiger partial charge < -0.3 is 14.2 Å². The molecule has 1 spiro atoms. The molecule has 4 heterocycles. The van der Waals surface area contributed by atoms with Gasteiger partial charge in [0.2, 0.25) is 5.91 Å². The van der Waals surface area contributed by atoms with Crippen molar-refractivity contribution in [2.24, 2.45) is 7.05 Å². The Morgan fingerprint density at radius 1 is 1.14 bits per heavy atom. The van der Waals surface area contributed by atoms with Gasteiger partial charge in [0, 0.05) is 44.7 Å². The Kier molecular flexibility index (Phi) is 3.68.